The molecule has 0 spiro atoms. The number of ether oxygens (including phenoxy) is 2. The van der Waals surface area contributed by atoms with E-state index >= 15 is 0 Å². The first-order valence-electron chi connectivity index (χ1n) is 7.49. The molecule has 7 nitrogen and oxygen atoms in total. The summed E-state index contributed by atoms with van der Waals surface area (Å²) in [4.78, 5) is 12.3. The molecule has 2 heterocycles. The van der Waals surface area contributed by atoms with Crippen molar-refractivity contribution in [3.8, 4) is 23.0 Å². The summed E-state index contributed by atoms with van der Waals surface area (Å²) in [6, 6.07) is 11.9. The second-order valence-electron chi connectivity index (χ2n) is 5.23. The van der Waals surface area contributed by atoms with Crippen molar-refractivity contribution in [3.05, 3.63) is 53.1 Å². The highest BCUT2D eigenvalue weighted by Gasteiger charge is 2.17. The van der Waals surface area contributed by atoms with Crippen molar-refractivity contribution in [2.75, 3.05) is 18.5 Å². The van der Waals surface area contributed by atoms with Gasteiger partial charge in [-0.1, -0.05) is 16.7 Å². The Balaban J connectivity index is 1.50. The van der Waals surface area contributed by atoms with Gasteiger partial charge < -0.3 is 13.9 Å². The maximum Gasteiger partial charge on any atom is 0.322 e. The molecule has 1 aliphatic heterocycles. The molecule has 8 heteroatoms. The fourth-order valence-electron chi connectivity index (χ4n) is 2.34. The van der Waals surface area contributed by atoms with Crippen molar-refractivity contribution in [3.63, 3.8) is 0 Å². The van der Waals surface area contributed by atoms with Gasteiger partial charge in [0.05, 0.1) is 0 Å². The Kier molecular flexibility index (Phi) is 3.99. The van der Waals surface area contributed by atoms with Gasteiger partial charge in [0.25, 0.3) is 5.91 Å². The number of nitrogens with zero attached hydrogens (tertiary/aromatic N) is 2. The van der Waals surface area contributed by atoms with E-state index in [1.54, 1.807) is 42.5 Å². The van der Waals surface area contributed by atoms with Gasteiger partial charge >= 0.3 is 6.01 Å². The number of rotatable bonds is 3. The zero-order valence-electron chi connectivity index (χ0n) is 12.9. The van der Waals surface area contributed by atoms with Crippen molar-refractivity contribution < 1.29 is 18.7 Å². The van der Waals surface area contributed by atoms with Gasteiger partial charge in [0.2, 0.25) is 5.89 Å². The minimum atomic E-state index is -0.386. The summed E-state index contributed by atoms with van der Waals surface area (Å²) in [5.74, 6) is 1.05. The molecule has 1 aromatic heterocycles. The molecule has 1 aliphatic rings. The fourth-order valence-corrected chi connectivity index (χ4v) is 2.46. The first-order chi connectivity index (χ1) is 12.2. The van der Waals surface area contributed by atoms with E-state index in [2.05, 4.69) is 15.5 Å². The van der Waals surface area contributed by atoms with Crippen LogP contribution in [0.3, 0.4) is 0 Å². The average Bonchev–Trinajstić information content (AvgIpc) is 3.10. The molecule has 0 unspecified atom stereocenters. The molecule has 0 saturated heterocycles. The van der Waals surface area contributed by atoms with E-state index in [0.29, 0.717) is 40.9 Å². The van der Waals surface area contributed by atoms with Crippen LogP contribution in [0.5, 0.6) is 11.5 Å². The second kappa shape index (κ2) is 6.45. The van der Waals surface area contributed by atoms with Crippen molar-refractivity contribution in [1.82, 2.24) is 10.2 Å². The Labute approximate surface area is 147 Å². The average molecular weight is 358 g/mol. The maximum atomic E-state index is 12.3. The monoisotopic (exact) mass is 357 g/mol. The van der Waals surface area contributed by atoms with Crippen molar-refractivity contribution >= 4 is 23.5 Å². The Morgan fingerprint density at radius 2 is 1.76 bits per heavy atom. The van der Waals surface area contributed by atoms with Crippen LogP contribution in [0, 0.1) is 0 Å². The van der Waals surface area contributed by atoms with Crippen LogP contribution in [0.2, 0.25) is 5.02 Å². The number of carbonyl (C=O) groups is 1. The lowest BCUT2D eigenvalue weighted by Gasteiger charge is -2.18. The number of fused-ring (bicyclic) bond motifs is 1. The van der Waals surface area contributed by atoms with E-state index in [1.165, 1.54) is 0 Å². The molecule has 1 amide bonds. The minimum Gasteiger partial charge on any atom is -0.486 e. The van der Waals surface area contributed by atoms with Crippen molar-refractivity contribution in [2.24, 2.45) is 0 Å². The van der Waals surface area contributed by atoms with Crippen LogP contribution in [-0.2, 0) is 0 Å². The first kappa shape index (κ1) is 15.5. The van der Waals surface area contributed by atoms with Crippen molar-refractivity contribution in [2.45, 2.75) is 0 Å². The van der Waals surface area contributed by atoms with Gasteiger partial charge in [0.1, 0.15) is 13.2 Å². The lowest BCUT2D eigenvalue weighted by Crippen LogP contribution is -2.17. The lowest BCUT2D eigenvalue weighted by molar-refractivity contribution is 0.102. The Hall–Kier alpha value is -3.06. The van der Waals surface area contributed by atoms with Gasteiger partial charge in [0.15, 0.2) is 11.5 Å². The Bertz CT molecular complexity index is 924. The highest BCUT2D eigenvalue weighted by atomic mass is 35.5. The van der Waals surface area contributed by atoms with Gasteiger partial charge in [0, 0.05) is 16.1 Å². The fraction of sp³-hybridized carbons (Fsp3) is 0.118. The molecule has 1 N–H and O–H groups in total. The molecular formula is C17H12ClN3O4. The lowest BCUT2D eigenvalue weighted by atomic mass is 10.2. The van der Waals surface area contributed by atoms with Crippen LogP contribution in [0.1, 0.15) is 10.4 Å². The summed E-state index contributed by atoms with van der Waals surface area (Å²) in [7, 11) is 0. The molecule has 0 bridgehead atoms. The van der Waals surface area contributed by atoms with Gasteiger partial charge in [-0.25, -0.2) is 0 Å². The number of hydrogen-bond donors (Lipinski definition) is 1. The third-order valence-corrected chi connectivity index (χ3v) is 3.79. The molecule has 0 saturated carbocycles. The highest BCUT2D eigenvalue weighted by Crippen LogP contribution is 2.31. The van der Waals surface area contributed by atoms with Crippen LogP contribution in [-0.4, -0.2) is 29.3 Å². The molecule has 4 rings (SSSR count). The molecule has 0 atom stereocenters. The summed E-state index contributed by atoms with van der Waals surface area (Å²) in [5.41, 5.74) is 1.10. The topological polar surface area (TPSA) is 86.5 Å². The highest BCUT2D eigenvalue weighted by molar-refractivity contribution is 6.30. The van der Waals surface area contributed by atoms with Crippen molar-refractivity contribution in [1.29, 1.82) is 0 Å². The Morgan fingerprint density at radius 1 is 1.00 bits per heavy atom. The van der Waals surface area contributed by atoms with Gasteiger partial charge in [-0.15, -0.1) is 5.10 Å². The zero-order chi connectivity index (χ0) is 17.2. The van der Waals surface area contributed by atoms with E-state index in [4.69, 9.17) is 25.5 Å². The summed E-state index contributed by atoms with van der Waals surface area (Å²) in [5, 5.41) is 10.9. The van der Waals surface area contributed by atoms with E-state index in [1.807, 2.05) is 0 Å². The molecule has 0 radical (unpaired) electrons. The zero-order valence-corrected chi connectivity index (χ0v) is 13.6. The molecule has 2 aromatic carbocycles. The third-order valence-electron chi connectivity index (χ3n) is 3.54. The molecule has 3 aromatic rings. The van der Waals surface area contributed by atoms with Gasteiger partial charge in [-0.05, 0) is 42.5 Å². The maximum absolute atomic E-state index is 12.3. The van der Waals surface area contributed by atoms with Crippen LogP contribution in [0.25, 0.3) is 11.5 Å². The number of aromatic nitrogens is 2. The van der Waals surface area contributed by atoms with Crippen LogP contribution in [0.15, 0.2) is 46.9 Å². The number of nitrogens with one attached hydrogen (secondary N) is 1. The first-order valence-corrected chi connectivity index (χ1v) is 7.87. The number of carbonyl (C=O) groups excluding carboxylic acids is 1. The van der Waals surface area contributed by atoms with E-state index < -0.39 is 0 Å². The van der Waals surface area contributed by atoms with Crippen LogP contribution >= 0.6 is 11.6 Å². The largest absolute Gasteiger partial charge is 0.486 e. The van der Waals surface area contributed by atoms with Crippen LogP contribution in [0.4, 0.5) is 6.01 Å². The standard InChI is InChI=1S/C17H12ClN3O4/c18-12-4-1-10(2-5-12)16-20-21-17(25-16)19-15(22)11-3-6-13-14(9-11)24-8-7-23-13/h1-6,9H,7-8H2,(H,19,21,22). The minimum absolute atomic E-state index is 0.00448. The van der Waals surface area contributed by atoms with E-state index in [9.17, 15) is 4.79 Å². The smallest absolute Gasteiger partial charge is 0.322 e. The predicted molar refractivity (Wildman–Crippen MR) is 90.1 cm³/mol. The Morgan fingerprint density at radius 3 is 2.56 bits per heavy atom. The number of amides is 1. The summed E-state index contributed by atoms with van der Waals surface area (Å²) >= 11 is 5.85. The quantitative estimate of drug-likeness (QED) is 0.773. The second-order valence-corrected chi connectivity index (χ2v) is 5.67. The molecule has 126 valence electrons. The molecule has 25 heavy (non-hydrogen) atoms. The SMILES string of the molecule is O=C(Nc1nnc(-c2ccc(Cl)cc2)o1)c1ccc2c(c1)OCCO2. The van der Waals surface area contributed by atoms with Crippen LogP contribution < -0.4 is 14.8 Å². The summed E-state index contributed by atoms with van der Waals surface area (Å²) in [6.07, 6.45) is 0. The van der Waals surface area contributed by atoms with Gasteiger partial charge in [-0.2, -0.15) is 0 Å². The molecule has 0 aliphatic carbocycles. The summed E-state index contributed by atoms with van der Waals surface area (Å²) < 4.78 is 16.4. The third kappa shape index (κ3) is 3.27. The van der Waals surface area contributed by atoms with E-state index in [0.717, 1.165) is 0 Å². The normalized spacial score (nSPS) is 12.7. The molecule has 0 fully saturated rings. The van der Waals surface area contributed by atoms with Gasteiger partial charge in [-0.3, -0.25) is 10.1 Å². The number of anilines is 1. The van der Waals surface area contributed by atoms with E-state index in [-0.39, 0.29) is 17.8 Å². The number of benzene rings is 2. The molecular weight excluding hydrogens is 346 g/mol. The summed E-state index contributed by atoms with van der Waals surface area (Å²) in [6.45, 7) is 0.945. The predicted octanol–water partition coefficient (Wildman–Crippen LogP) is 3.41. The number of hydrogen-bond acceptors (Lipinski definition) is 6. The number of halogens is 1.